The number of carbonyl (C=O) groups is 2. The molecule has 1 aliphatic heterocycles. The van der Waals surface area contributed by atoms with Gasteiger partial charge in [-0.1, -0.05) is 37.3 Å². The Kier molecular flexibility index (Phi) is 5.84. The van der Waals surface area contributed by atoms with Crippen molar-refractivity contribution in [2.75, 3.05) is 13.1 Å². The summed E-state index contributed by atoms with van der Waals surface area (Å²) < 4.78 is 0. The van der Waals surface area contributed by atoms with Gasteiger partial charge >= 0.3 is 0 Å². The van der Waals surface area contributed by atoms with Crippen molar-refractivity contribution < 1.29 is 9.59 Å². The summed E-state index contributed by atoms with van der Waals surface area (Å²) in [4.78, 5) is 38.0. The zero-order chi connectivity index (χ0) is 19.4. The lowest BCUT2D eigenvalue weighted by atomic mass is 10.1. The smallest absolute Gasteiger partial charge is 0.257 e. The number of carbonyl (C=O) groups excluding carboxylic acids is 2. The molecule has 6 nitrogen and oxygen atoms in total. The van der Waals surface area contributed by atoms with Crippen molar-refractivity contribution in [1.82, 2.24) is 19.8 Å². The molecule has 1 saturated heterocycles. The summed E-state index contributed by atoms with van der Waals surface area (Å²) in [6.45, 7) is 7.22. The summed E-state index contributed by atoms with van der Waals surface area (Å²) in [5.74, 6) is 0.647. The monoisotopic (exact) mass is 366 g/mol. The van der Waals surface area contributed by atoms with Gasteiger partial charge in [-0.05, 0) is 25.8 Å². The SMILES string of the molecule is CC[C@@H]1CN(C(=O)c2cnc(C)nc2C)CCC(=O)N1Cc1ccccc1. The van der Waals surface area contributed by atoms with Crippen molar-refractivity contribution >= 4 is 11.8 Å². The molecule has 142 valence electrons. The van der Waals surface area contributed by atoms with E-state index in [1.165, 1.54) is 0 Å². The van der Waals surface area contributed by atoms with Gasteiger partial charge in [0.1, 0.15) is 5.82 Å². The quantitative estimate of drug-likeness (QED) is 0.834. The van der Waals surface area contributed by atoms with Gasteiger partial charge in [0.05, 0.1) is 11.3 Å². The largest absolute Gasteiger partial charge is 0.336 e. The topological polar surface area (TPSA) is 66.4 Å². The number of hydrogen-bond acceptors (Lipinski definition) is 4. The van der Waals surface area contributed by atoms with Gasteiger partial charge in [-0.15, -0.1) is 0 Å². The zero-order valence-corrected chi connectivity index (χ0v) is 16.2. The fraction of sp³-hybridized carbons (Fsp3) is 0.429. The Bertz CT molecular complexity index is 822. The lowest BCUT2D eigenvalue weighted by Gasteiger charge is -2.31. The van der Waals surface area contributed by atoms with Crippen LogP contribution in [0.5, 0.6) is 0 Å². The number of nitrogens with zero attached hydrogens (tertiary/aromatic N) is 4. The van der Waals surface area contributed by atoms with Crippen LogP contribution in [0.2, 0.25) is 0 Å². The maximum absolute atomic E-state index is 13.0. The van der Waals surface area contributed by atoms with E-state index in [2.05, 4.69) is 16.9 Å². The average molecular weight is 366 g/mol. The standard InChI is InChI=1S/C21H26N4O2/c1-4-18-14-24(21(27)19-12-22-16(3)23-15(19)2)11-10-20(26)25(18)13-17-8-6-5-7-9-17/h5-9,12,18H,4,10-11,13-14H2,1-3H3/t18-/m1/s1. The highest BCUT2D eigenvalue weighted by Crippen LogP contribution is 2.20. The van der Waals surface area contributed by atoms with Gasteiger partial charge in [0.25, 0.3) is 5.91 Å². The second-order valence-corrected chi connectivity index (χ2v) is 6.99. The maximum atomic E-state index is 13.0. The van der Waals surface area contributed by atoms with Gasteiger partial charge in [-0.3, -0.25) is 9.59 Å². The van der Waals surface area contributed by atoms with Crippen LogP contribution in [-0.2, 0) is 11.3 Å². The van der Waals surface area contributed by atoms with E-state index in [0.717, 1.165) is 12.0 Å². The van der Waals surface area contributed by atoms with E-state index in [4.69, 9.17) is 0 Å². The minimum Gasteiger partial charge on any atom is -0.336 e. The van der Waals surface area contributed by atoms with Crippen LogP contribution >= 0.6 is 0 Å². The molecule has 0 bridgehead atoms. The van der Waals surface area contributed by atoms with Gasteiger partial charge in [-0.2, -0.15) is 0 Å². The molecule has 3 rings (SSSR count). The second-order valence-electron chi connectivity index (χ2n) is 6.99. The number of hydrogen-bond donors (Lipinski definition) is 0. The van der Waals surface area contributed by atoms with E-state index < -0.39 is 0 Å². The van der Waals surface area contributed by atoms with E-state index in [1.54, 1.807) is 18.0 Å². The minimum atomic E-state index is -0.0969. The number of aromatic nitrogens is 2. The lowest BCUT2D eigenvalue weighted by Crippen LogP contribution is -2.44. The first-order chi connectivity index (χ1) is 13.0. The van der Waals surface area contributed by atoms with E-state index in [0.29, 0.717) is 43.1 Å². The first kappa shape index (κ1) is 19.0. The van der Waals surface area contributed by atoms with Crippen LogP contribution in [0.3, 0.4) is 0 Å². The number of benzene rings is 1. The molecule has 0 radical (unpaired) electrons. The molecule has 1 atom stereocenters. The third kappa shape index (κ3) is 4.32. The van der Waals surface area contributed by atoms with Gasteiger partial charge in [0.2, 0.25) is 5.91 Å². The van der Waals surface area contributed by atoms with Crippen molar-refractivity contribution in [3.8, 4) is 0 Å². The number of rotatable bonds is 4. The van der Waals surface area contributed by atoms with Crippen LogP contribution in [0.15, 0.2) is 36.5 Å². The summed E-state index contributed by atoms with van der Waals surface area (Å²) in [5, 5.41) is 0. The number of amides is 2. The molecule has 2 heterocycles. The van der Waals surface area contributed by atoms with Crippen LogP contribution in [0.1, 0.15) is 47.2 Å². The Hall–Kier alpha value is -2.76. The summed E-state index contributed by atoms with van der Waals surface area (Å²) in [6, 6.07) is 9.98. The first-order valence-electron chi connectivity index (χ1n) is 9.42. The first-order valence-corrected chi connectivity index (χ1v) is 9.42. The molecule has 2 aromatic rings. The maximum Gasteiger partial charge on any atom is 0.257 e. The van der Waals surface area contributed by atoms with Crippen LogP contribution in [0.25, 0.3) is 0 Å². The van der Waals surface area contributed by atoms with E-state index in [-0.39, 0.29) is 17.9 Å². The minimum absolute atomic E-state index is 0.00386. The Morgan fingerprint density at radius 1 is 1.22 bits per heavy atom. The van der Waals surface area contributed by atoms with Crippen molar-refractivity contribution in [2.24, 2.45) is 0 Å². The van der Waals surface area contributed by atoms with Crippen LogP contribution in [0.4, 0.5) is 0 Å². The molecule has 1 aromatic carbocycles. The van der Waals surface area contributed by atoms with Gasteiger partial charge in [0.15, 0.2) is 0 Å². The third-order valence-corrected chi connectivity index (χ3v) is 5.07. The average Bonchev–Trinajstić information content (AvgIpc) is 2.82. The fourth-order valence-electron chi connectivity index (χ4n) is 3.52. The van der Waals surface area contributed by atoms with Gasteiger partial charge in [0, 0.05) is 38.3 Å². The van der Waals surface area contributed by atoms with Gasteiger partial charge in [-0.25, -0.2) is 9.97 Å². The molecule has 0 aliphatic carbocycles. The molecule has 0 saturated carbocycles. The molecule has 2 amide bonds. The molecule has 1 aromatic heterocycles. The van der Waals surface area contributed by atoms with Crippen molar-refractivity contribution in [1.29, 1.82) is 0 Å². The Labute approximate surface area is 160 Å². The van der Waals surface area contributed by atoms with Crippen LogP contribution < -0.4 is 0 Å². The molecule has 0 N–H and O–H groups in total. The highest BCUT2D eigenvalue weighted by molar-refractivity contribution is 5.95. The van der Waals surface area contributed by atoms with E-state index >= 15 is 0 Å². The molecular formula is C21H26N4O2. The molecule has 0 unspecified atom stereocenters. The second kappa shape index (κ2) is 8.29. The van der Waals surface area contributed by atoms with Gasteiger partial charge < -0.3 is 9.80 Å². The van der Waals surface area contributed by atoms with Crippen LogP contribution in [-0.4, -0.2) is 50.7 Å². The highest BCUT2D eigenvalue weighted by atomic mass is 16.2. The van der Waals surface area contributed by atoms with E-state index in [9.17, 15) is 9.59 Å². The summed E-state index contributed by atoms with van der Waals surface area (Å²) in [7, 11) is 0. The Morgan fingerprint density at radius 2 is 1.96 bits per heavy atom. The van der Waals surface area contributed by atoms with Crippen molar-refractivity contribution in [2.45, 2.75) is 46.2 Å². The predicted molar refractivity (Wildman–Crippen MR) is 103 cm³/mol. The molecule has 27 heavy (non-hydrogen) atoms. The fourth-order valence-corrected chi connectivity index (χ4v) is 3.52. The molecule has 1 aliphatic rings. The molecular weight excluding hydrogens is 340 g/mol. The molecule has 1 fully saturated rings. The van der Waals surface area contributed by atoms with Crippen molar-refractivity contribution in [3.63, 3.8) is 0 Å². The zero-order valence-electron chi connectivity index (χ0n) is 16.2. The van der Waals surface area contributed by atoms with E-state index in [1.807, 2.05) is 42.2 Å². The Balaban J connectivity index is 1.80. The highest BCUT2D eigenvalue weighted by Gasteiger charge is 2.31. The normalized spacial score (nSPS) is 17.7. The predicted octanol–water partition coefficient (Wildman–Crippen LogP) is 2.75. The molecule has 6 heteroatoms. The third-order valence-electron chi connectivity index (χ3n) is 5.07. The Morgan fingerprint density at radius 3 is 2.63 bits per heavy atom. The van der Waals surface area contributed by atoms with Crippen LogP contribution in [0, 0.1) is 13.8 Å². The summed E-state index contributed by atoms with van der Waals surface area (Å²) >= 11 is 0. The summed E-state index contributed by atoms with van der Waals surface area (Å²) in [5.41, 5.74) is 2.29. The molecule has 0 spiro atoms. The lowest BCUT2D eigenvalue weighted by molar-refractivity contribution is -0.133. The summed E-state index contributed by atoms with van der Waals surface area (Å²) in [6.07, 6.45) is 2.72. The number of aryl methyl sites for hydroxylation is 2. The van der Waals surface area contributed by atoms with Crippen molar-refractivity contribution in [3.05, 3.63) is 59.2 Å².